The van der Waals surface area contributed by atoms with Gasteiger partial charge in [-0.25, -0.2) is 0 Å². The van der Waals surface area contributed by atoms with Crippen molar-refractivity contribution in [1.82, 2.24) is 5.32 Å². The maximum Gasteiger partial charge on any atom is 0.306 e. The molecule has 0 fully saturated rings. The number of nitrogens with one attached hydrogen (secondary N) is 1. The topological polar surface area (TPSA) is 95.9 Å². The zero-order valence-corrected chi connectivity index (χ0v) is 40.8. The Morgan fingerprint density at radius 3 is 1.30 bits per heavy atom. The van der Waals surface area contributed by atoms with E-state index in [1.807, 2.05) is 12.2 Å². The van der Waals surface area contributed by atoms with Crippen LogP contribution in [0.4, 0.5) is 0 Å². The minimum atomic E-state index is -0.811. The lowest BCUT2D eigenvalue weighted by Gasteiger charge is -2.23. The lowest BCUT2D eigenvalue weighted by Crippen LogP contribution is -2.46. The van der Waals surface area contributed by atoms with Gasteiger partial charge in [-0.3, -0.25) is 9.59 Å². The number of unbranched alkanes of at least 4 members (excludes halogenated alkanes) is 32. The Morgan fingerprint density at radius 2 is 0.869 bits per heavy atom. The number of aliphatic hydroxyl groups is 2. The van der Waals surface area contributed by atoms with Crippen molar-refractivity contribution in [3.63, 3.8) is 0 Å². The quantitative estimate of drug-likeness (QED) is 0.0322. The number of rotatable bonds is 48. The van der Waals surface area contributed by atoms with E-state index in [0.717, 1.165) is 64.2 Å². The summed E-state index contributed by atoms with van der Waals surface area (Å²) in [5.41, 5.74) is 0. The van der Waals surface area contributed by atoms with Gasteiger partial charge in [-0.15, -0.1) is 0 Å². The zero-order chi connectivity index (χ0) is 44.5. The number of carbonyl (C=O) groups excluding carboxylic acids is 2. The van der Waals surface area contributed by atoms with Gasteiger partial charge in [-0.05, 0) is 63.9 Å². The van der Waals surface area contributed by atoms with Crippen molar-refractivity contribution in [2.24, 2.45) is 0 Å². The van der Waals surface area contributed by atoms with E-state index in [-0.39, 0.29) is 24.9 Å². The third-order valence-electron chi connectivity index (χ3n) is 12.2. The number of ether oxygens (including phenoxy) is 1. The van der Waals surface area contributed by atoms with Gasteiger partial charge in [0.2, 0.25) is 5.91 Å². The Hall–Kier alpha value is -1.92. The van der Waals surface area contributed by atoms with Gasteiger partial charge in [0.1, 0.15) is 6.10 Å². The first kappa shape index (κ1) is 59.1. The van der Waals surface area contributed by atoms with Crippen molar-refractivity contribution in [2.45, 2.75) is 296 Å². The Labute approximate surface area is 379 Å². The standard InChI is InChI=1S/C55H103NO5/c1-4-7-10-13-16-19-22-24-26-27-28-29-32-35-38-41-44-47-53(58)52(50-57)56-54(59)49-51(46-43-40-37-34-31-21-18-15-12-9-6-3)61-55(60)48-45-42-39-36-33-30-25-23-20-17-14-11-8-5-2/h30,33-34,37,43,46,51-53,57-58H,4-29,31-32,35-36,38-42,44-45,47-50H2,1-3H3,(H,56,59)/b33-30-,37-34-,46-43+. The van der Waals surface area contributed by atoms with Gasteiger partial charge in [0.25, 0.3) is 0 Å². The predicted molar refractivity (Wildman–Crippen MR) is 264 cm³/mol. The first-order valence-electron chi connectivity index (χ1n) is 26.7. The second-order valence-electron chi connectivity index (χ2n) is 18.3. The average molecular weight is 858 g/mol. The molecule has 0 saturated heterocycles. The molecule has 0 aliphatic rings. The normalized spacial score (nSPS) is 13.5. The van der Waals surface area contributed by atoms with Crippen LogP contribution in [-0.4, -0.2) is 46.9 Å². The molecular formula is C55H103NO5. The van der Waals surface area contributed by atoms with Crippen molar-refractivity contribution < 1.29 is 24.5 Å². The minimum Gasteiger partial charge on any atom is -0.458 e. The van der Waals surface area contributed by atoms with Crippen LogP contribution in [0.2, 0.25) is 0 Å². The van der Waals surface area contributed by atoms with E-state index in [4.69, 9.17) is 4.74 Å². The van der Waals surface area contributed by atoms with E-state index in [1.54, 1.807) is 0 Å². The molecule has 0 aromatic heterocycles. The highest BCUT2D eigenvalue weighted by molar-refractivity contribution is 5.78. The van der Waals surface area contributed by atoms with Gasteiger partial charge in [0.15, 0.2) is 0 Å². The van der Waals surface area contributed by atoms with Crippen LogP contribution in [0.1, 0.15) is 278 Å². The van der Waals surface area contributed by atoms with Crippen LogP contribution in [0.15, 0.2) is 36.5 Å². The van der Waals surface area contributed by atoms with E-state index < -0.39 is 18.2 Å². The summed E-state index contributed by atoms with van der Waals surface area (Å²) in [6.07, 6.45) is 58.1. The number of carbonyl (C=O) groups is 2. The highest BCUT2D eigenvalue weighted by Gasteiger charge is 2.23. The smallest absolute Gasteiger partial charge is 0.306 e. The lowest BCUT2D eigenvalue weighted by molar-refractivity contribution is -0.148. The summed E-state index contributed by atoms with van der Waals surface area (Å²) in [6, 6.07) is -0.733. The number of allylic oxidation sites excluding steroid dienone is 5. The molecule has 0 aliphatic heterocycles. The van der Waals surface area contributed by atoms with Gasteiger partial charge in [0.05, 0.1) is 25.2 Å². The van der Waals surface area contributed by atoms with Crippen LogP contribution in [0.25, 0.3) is 0 Å². The predicted octanol–water partition coefficient (Wildman–Crippen LogP) is 16.1. The van der Waals surface area contributed by atoms with E-state index in [0.29, 0.717) is 12.8 Å². The van der Waals surface area contributed by atoms with Gasteiger partial charge >= 0.3 is 5.97 Å². The summed E-state index contributed by atoms with van der Waals surface area (Å²) in [5.74, 6) is -0.613. The SMILES string of the molecule is CCCCCCCC/C=C\C/C=C/C(CC(=O)NC(CO)C(O)CCCCCCCCCCCCCCCCCCC)OC(=O)CCCCC/C=C\CCCCCCCCC. The fourth-order valence-electron chi connectivity index (χ4n) is 8.10. The molecular weight excluding hydrogens is 755 g/mol. The van der Waals surface area contributed by atoms with Gasteiger partial charge < -0.3 is 20.3 Å². The molecule has 0 aromatic carbocycles. The molecule has 0 rings (SSSR count). The Kier molecular flexibility index (Phi) is 47.6. The molecule has 6 nitrogen and oxygen atoms in total. The number of hydrogen-bond acceptors (Lipinski definition) is 5. The Balaban J connectivity index is 4.54. The van der Waals surface area contributed by atoms with Crippen molar-refractivity contribution in [2.75, 3.05) is 6.61 Å². The fourth-order valence-corrected chi connectivity index (χ4v) is 8.10. The maximum absolute atomic E-state index is 13.2. The third kappa shape index (κ3) is 44.5. The molecule has 0 aliphatic carbocycles. The average Bonchev–Trinajstić information content (AvgIpc) is 3.25. The van der Waals surface area contributed by atoms with Gasteiger partial charge in [-0.2, -0.15) is 0 Å². The fraction of sp³-hybridized carbons (Fsp3) is 0.855. The monoisotopic (exact) mass is 858 g/mol. The van der Waals surface area contributed by atoms with Crippen LogP contribution < -0.4 is 5.32 Å². The lowest BCUT2D eigenvalue weighted by atomic mass is 10.0. The van der Waals surface area contributed by atoms with E-state index >= 15 is 0 Å². The highest BCUT2D eigenvalue weighted by Crippen LogP contribution is 2.17. The molecule has 0 heterocycles. The minimum absolute atomic E-state index is 0.0321. The largest absolute Gasteiger partial charge is 0.458 e. The second kappa shape index (κ2) is 49.1. The summed E-state index contributed by atoms with van der Waals surface area (Å²) in [6.45, 7) is 6.45. The van der Waals surface area contributed by atoms with Crippen LogP contribution in [0.3, 0.4) is 0 Å². The maximum atomic E-state index is 13.2. The first-order valence-corrected chi connectivity index (χ1v) is 26.7. The third-order valence-corrected chi connectivity index (χ3v) is 12.2. The van der Waals surface area contributed by atoms with Crippen molar-refractivity contribution in [1.29, 1.82) is 0 Å². The molecule has 0 saturated carbocycles. The number of esters is 1. The molecule has 3 unspecified atom stereocenters. The number of aliphatic hydroxyl groups excluding tert-OH is 2. The first-order chi connectivity index (χ1) is 30.0. The van der Waals surface area contributed by atoms with Crippen LogP contribution in [-0.2, 0) is 14.3 Å². The molecule has 3 N–H and O–H groups in total. The molecule has 0 bridgehead atoms. The van der Waals surface area contributed by atoms with Crippen LogP contribution >= 0.6 is 0 Å². The van der Waals surface area contributed by atoms with Crippen LogP contribution in [0.5, 0.6) is 0 Å². The summed E-state index contributed by atoms with van der Waals surface area (Å²) in [7, 11) is 0. The summed E-state index contributed by atoms with van der Waals surface area (Å²) in [5, 5.41) is 23.7. The second-order valence-corrected chi connectivity index (χ2v) is 18.3. The van der Waals surface area contributed by atoms with E-state index in [1.165, 1.54) is 173 Å². The molecule has 358 valence electrons. The summed E-state index contributed by atoms with van der Waals surface area (Å²) >= 11 is 0. The van der Waals surface area contributed by atoms with Gasteiger partial charge in [-0.1, -0.05) is 237 Å². The number of amides is 1. The van der Waals surface area contributed by atoms with E-state index in [2.05, 4.69) is 50.4 Å². The van der Waals surface area contributed by atoms with Crippen molar-refractivity contribution in [3.05, 3.63) is 36.5 Å². The van der Waals surface area contributed by atoms with Crippen molar-refractivity contribution in [3.8, 4) is 0 Å². The molecule has 61 heavy (non-hydrogen) atoms. The number of hydrogen-bond donors (Lipinski definition) is 3. The van der Waals surface area contributed by atoms with Crippen LogP contribution in [0, 0.1) is 0 Å². The Bertz CT molecular complexity index is 1010. The molecule has 0 aromatic rings. The zero-order valence-electron chi connectivity index (χ0n) is 40.8. The summed E-state index contributed by atoms with van der Waals surface area (Å²) in [4.78, 5) is 26.0. The van der Waals surface area contributed by atoms with Gasteiger partial charge in [0, 0.05) is 6.42 Å². The highest BCUT2D eigenvalue weighted by atomic mass is 16.5. The molecule has 0 radical (unpaired) electrons. The van der Waals surface area contributed by atoms with E-state index in [9.17, 15) is 19.8 Å². The molecule has 0 spiro atoms. The molecule has 3 atom stereocenters. The van der Waals surface area contributed by atoms with Crippen molar-refractivity contribution >= 4 is 11.9 Å². The Morgan fingerprint density at radius 1 is 0.492 bits per heavy atom. The summed E-state index contributed by atoms with van der Waals surface area (Å²) < 4.78 is 5.82. The molecule has 1 amide bonds. The molecule has 6 heteroatoms.